The largest absolute Gasteiger partial charge is 0.388 e. The molecule has 1 heterocycles. The molecular formula is C11H16FNO3. The van der Waals surface area contributed by atoms with Crippen molar-refractivity contribution in [1.82, 2.24) is 4.98 Å². The third-order valence-corrected chi connectivity index (χ3v) is 2.08. The van der Waals surface area contributed by atoms with Gasteiger partial charge in [-0.3, -0.25) is 4.98 Å². The van der Waals surface area contributed by atoms with Crippen LogP contribution in [-0.2, 0) is 9.47 Å². The number of methoxy groups -OCH3 is 1. The number of aliphatic hydroxyl groups is 1. The fraction of sp³-hybridized carbons (Fsp3) is 0.545. The highest BCUT2D eigenvalue weighted by atomic mass is 19.1. The molecule has 1 aromatic heterocycles. The van der Waals surface area contributed by atoms with Gasteiger partial charge < -0.3 is 14.6 Å². The van der Waals surface area contributed by atoms with Gasteiger partial charge in [-0.2, -0.15) is 0 Å². The van der Waals surface area contributed by atoms with Gasteiger partial charge in [0.25, 0.3) is 0 Å². The minimum Gasteiger partial charge on any atom is -0.388 e. The standard InChI is InChI=1S/C11H16FNO3/c1-15-4-5-16-3-2-11(14)9-6-10(12)8-13-7-9/h6-8,11,14H,2-5H2,1H3. The number of hydrogen-bond acceptors (Lipinski definition) is 4. The lowest BCUT2D eigenvalue weighted by molar-refractivity contribution is 0.0474. The Labute approximate surface area is 94.0 Å². The minimum absolute atomic E-state index is 0.404. The van der Waals surface area contributed by atoms with E-state index >= 15 is 0 Å². The third kappa shape index (κ3) is 4.65. The molecular weight excluding hydrogens is 213 g/mol. The number of aliphatic hydroxyl groups excluding tert-OH is 1. The Morgan fingerprint density at radius 2 is 2.19 bits per heavy atom. The number of nitrogens with zero attached hydrogens (tertiary/aromatic N) is 1. The van der Waals surface area contributed by atoms with Crippen molar-refractivity contribution in [3.63, 3.8) is 0 Å². The van der Waals surface area contributed by atoms with Crippen LogP contribution in [0.4, 0.5) is 4.39 Å². The predicted molar refractivity (Wildman–Crippen MR) is 56.5 cm³/mol. The lowest BCUT2D eigenvalue weighted by Gasteiger charge is -2.10. The van der Waals surface area contributed by atoms with Gasteiger partial charge in [0.05, 0.1) is 25.5 Å². The fourth-order valence-electron chi connectivity index (χ4n) is 1.22. The first-order valence-electron chi connectivity index (χ1n) is 5.09. The maximum absolute atomic E-state index is 12.8. The van der Waals surface area contributed by atoms with Gasteiger partial charge in [0.2, 0.25) is 0 Å². The average Bonchev–Trinajstić information content (AvgIpc) is 2.28. The lowest BCUT2D eigenvalue weighted by atomic mass is 10.1. The molecule has 0 aliphatic carbocycles. The van der Waals surface area contributed by atoms with E-state index in [0.29, 0.717) is 31.8 Å². The lowest BCUT2D eigenvalue weighted by Crippen LogP contribution is -2.07. The highest BCUT2D eigenvalue weighted by Gasteiger charge is 2.08. The average molecular weight is 229 g/mol. The molecule has 0 spiro atoms. The summed E-state index contributed by atoms with van der Waals surface area (Å²) >= 11 is 0. The van der Waals surface area contributed by atoms with E-state index in [1.165, 1.54) is 12.3 Å². The van der Waals surface area contributed by atoms with Gasteiger partial charge in [-0.05, 0) is 6.07 Å². The normalized spacial score (nSPS) is 12.7. The summed E-state index contributed by atoms with van der Waals surface area (Å²) in [6.07, 6.45) is 2.22. The van der Waals surface area contributed by atoms with Crippen molar-refractivity contribution in [3.8, 4) is 0 Å². The summed E-state index contributed by atoms with van der Waals surface area (Å²) in [7, 11) is 1.59. The monoisotopic (exact) mass is 229 g/mol. The second-order valence-corrected chi connectivity index (χ2v) is 3.35. The molecule has 1 atom stereocenters. The Hall–Kier alpha value is -1.04. The number of hydrogen-bond donors (Lipinski definition) is 1. The second kappa shape index (κ2) is 7.27. The van der Waals surface area contributed by atoms with Crippen molar-refractivity contribution >= 4 is 0 Å². The zero-order valence-electron chi connectivity index (χ0n) is 9.23. The second-order valence-electron chi connectivity index (χ2n) is 3.35. The molecule has 1 unspecified atom stereocenters. The molecule has 0 saturated carbocycles. The van der Waals surface area contributed by atoms with Crippen molar-refractivity contribution in [2.75, 3.05) is 26.9 Å². The number of aromatic nitrogens is 1. The summed E-state index contributed by atoms with van der Waals surface area (Å²) in [5.74, 6) is -0.447. The van der Waals surface area contributed by atoms with Crippen LogP contribution in [0.2, 0.25) is 0 Å². The molecule has 0 fully saturated rings. The summed E-state index contributed by atoms with van der Waals surface area (Å²) in [6, 6.07) is 1.27. The molecule has 0 radical (unpaired) electrons. The third-order valence-electron chi connectivity index (χ3n) is 2.08. The van der Waals surface area contributed by atoms with Crippen LogP contribution in [0, 0.1) is 5.82 Å². The smallest absolute Gasteiger partial charge is 0.141 e. The Morgan fingerprint density at radius 1 is 1.38 bits per heavy atom. The zero-order valence-corrected chi connectivity index (χ0v) is 9.23. The molecule has 5 heteroatoms. The highest BCUT2D eigenvalue weighted by Crippen LogP contribution is 2.15. The number of rotatable bonds is 7. The van der Waals surface area contributed by atoms with Gasteiger partial charge in [0.15, 0.2) is 0 Å². The molecule has 1 rings (SSSR count). The molecule has 0 saturated heterocycles. The molecule has 0 aromatic carbocycles. The Morgan fingerprint density at radius 3 is 2.88 bits per heavy atom. The maximum atomic E-state index is 12.8. The van der Waals surface area contributed by atoms with E-state index in [4.69, 9.17) is 9.47 Å². The van der Waals surface area contributed by atoms with E-state index in [-0.39, 0.29) is 0 Å². The van der Waals surface area contributed by atoms with Crippen LogP contribution in [0.15, 0.2) is 18.5 Å². The van der Waals surface area contributed by atoms with Gasteiger partial charge in [0, 0.05) is 31.9 Å². The van der Waals surface area contributed by atoms with Crippen molar-refractivity contribution in [2.24, 2.45) is 0 Å². The Bertz CT molecular complexity index is 309. The molecule has 0 amide bonds. The van der Waals surface area contributed by atoms with Crippen molar-refractivity contribution in [3.05, 3.63) is 29.8 Å². The van der Waals surface area contributed by atoms with Crippen LogP contribution < -0.4 is 0 Å². The van der Waals surface area contributed by atoms with Crippen LogP contribution in [0.25, 0.3) is 0 Å². The van der Waals surface area contributed by atoms with Crippen molar-refractivity contribution < 1.29 is 19.0 Å². The quantitative estimate of drug-likeness (QED) is 0.716. The van der Waals surface area contributed by atoms with Gasteiger partial charge in [-0.15, -0.1) is 0 Å². The first-order chi connectivity index (χ1) is 7.74. The van der Waals surface area contributed by atoms with E-state index in [2.05, 4.69) is 4.98 Å². The molecule has 16 heavy (non-hydrogen) atoms. The first kappa shape index (κ1) is 13.0. The van der Waals surface area contributed by atoms with Crippen LogP contribution in [0.1, 0.15) is 18.1 Å². The summed E-state index contributed by atoms with van der Waals surface area (Å²) in [5, 5.41) is 9.68. The topological polar surface area (TPSA) is 51.6 Å². The number of ether oxygens (including phenoxy) is 2. The molecule has 0 bridgehead atoms. The Kier molecular flexibility index (Phi) is 5.92. The van der Waals surface area contributed by atoms with Crippen molar-refractivity contribution in [1.29, 1.82) is 0 Å². The molecule has 90 valence electrons. The summed E-state index contributed by atoms with van der Waals surface area (Å²) in [6.45, 7) is 1.42. The van der Waals surface area contributed by atoms with E-state index in [1.807, 2.05) is 0 Å². The van der Waals surface area contributed by atoms with Gasteiger partial charge in [-0.25, -0.2) is 4.39 Å². The van der Waals surface area contributed by atoms with E-state index in [0.717, 1.165) is 6.20 Å². The maximum Gasteiger partial charge on any atom is 0.141 e. The molecule has 4 nitrogen and oxygen atoms in total. The van der Waals surface area contributed by atoms with Gasteiger partial charge >= 0.3 is 0 Å². The predicted octanol–water partition coefficient (Wildman–Crippen LogP) is 1.31. The van der Waals surface area contributed by atoms with E-state index in [1.54, 1.807) is 7.11 Å². The summed E-state index contributed by atoms with van der Waals surface area (Å²) < 4.78 is 22.8. The van der Waals surface area contributed by atoms with Crippen molar-refractivity contribution in [2.45, 2.75) is 12.5 Å². The van der Waals surface area contributed by atoms with Crippen LogP contribution in [0.5, 0.6) is 0 Å². The molecule has 0 aliphatic heterocycles. The Balaban J connectivity index is 2.27. The number of halogens is 1. The van der Waals surface area contributed by atoms with E-state index < -0.39 is 11.9 Å². The summed E-state index contributed by atoms with van der Waals surface area (Å²) in [4.78, 5) is 3.67. The van der Waals surface area contributed by atoms with E-state index in [9.17, 15) is 9.50 Å². The van der Waals surface area contributed by atoms with Crippen LogP contribution >= 0.6 is 0 Å². The SMILES string of the molecule is COCCOCCC(O)c1cncc(F)c1. The van der Waals surface area contributed by atoms with Crippen LogP contribution in [-0.4, -0.2) is 37.0 Å². The minimum atomic E-state index is -0.745. The fourth-order valence-corrected chi connectivity index (χ4v) is 1.22. The van der Waals surface area contributed by atoms with Gasteiger partial charge in [0.1, 0.15) is 5.82 Å². The zero-order chi connectivity index (χ0) is 11.8. The summed E-state index contributed by atoms with van der Waals surface area (Å²) in [5.41, 5.74) is 0.468. The van der Waals surface area contributed by atoms with Gasteiger partial charge in [-0.1, -0.05) is 0 Å². The molecule has 0 aliphatic rings. The number of pyridine rings is 1. The van der Waals surface area contributed by atoms with Crippen LogP contribution in [0.3, 0.4) is 0 Å². The highest BCUT2D eigenvalue weighted by molar-refractivity contribution is 5.12. The first-order valence-corrected chi connectivity index (χ1v) is 5.09. The molecule has 1 aromatic rings. The molecule has 1 N–H and O–H groups in total.